The SMILES string of the molecule is CC(C)(C)OC(=O)N[C@@H]1CC=C[C@H](CCc2ccccc2)NC1=O. The Hall–Kier alpha value is -2.30. The minimum Gasteiger partial charge on any atom is -0.444 e. The minimum absolute atomic E-state index is 0.0249. The molecule has 1 heterocycles. The molecule has 0 radical (unpaired) electrons. The Morgan fingerprint density at radius 3 is 2.67 bits per heavy atom. The predicted molar refractivity (Wildman–Crippen MR) is 93.6 cm³/mol. The van der Waals surface area contributed by atoms with Crippen molar-refractivity contribution in [3.8, 4) is 0 Å². The molecule has 0 unspecified atom stereocenters. The second-order valence-electron chi connectivity index (χ2n) is 7.00. The molecule has 0 aromatic heterocycles. The Labute approximate surface area is 143 Å². The second-order valence-corrected chi connectivity index (χ2v) is 7.00. The number of hydrogen-bond acceptors (Lipinski definition) is 3. The van der Waals surface area contributed by atoms with Crippen molar-refractivity contribution in [3.63, 3.8) is 0 Å². The zero-order valence-corrected chi connectivity index (χ0v) is 14.5. The lowest BCUT2D eigenvalue weighted by atomic mass is 10.1. The largest absolute Gasteiger partial charge is 0.444 e. The van der Waals surface area contributed by atoms with Crippen molar-refractivity contribution in [2.24, 2.45) is 0 Å². The van der Waals surface area contributed by atoms with E-state index in [0.717, 1.165) is 12.8 Å². The van der Waals surface area contributed by atoms with Crippen LogP contribution in [-0.2, 0) is 16.0 Å². The van der Waals surface area contributed by atoms with E-state index in [1.165, 1.54) is 5.56 Å². The van der Waals surface area contributed by atoms with Gasteiger partial charge in [-0.25, -0.2) is 4.79 Å². The van der Waals surface area contributed by atoms with E-state index in [1.807, 2.05) is 30.4 Å². The standard InChI is InChI=1S/C19H26N2O3/c1-19(2,3)24-18(23)21-16-11-7-10-15(20-17(16)22)13-12-14-8-5-4-6-9-14/h4-10,15-16H,11-13H2,1-3H3,(H,20,22)(H,21,23)/t15-,16-/m1/s1. The first kappa shape index (κ1) is 18.0. The summed E-state index contributed by atoms with van der Waals surface area (Å²) in [6.45, 7) is 5.37. The lowest BCUT2D eigenvalue weighted by Gasteiger charge is -2.22. The molecule has 2 rings (SSSR count). The van der Waals surface area contributed by atoms with Gasteiger partial charge in [0.1, 0.15) is 11.6 Å². The number of carbonyl (C=O) groups is 2. The quantitative estimate of drug-likeness (QED) is 0.834. The molecule has 5 nitrogen and oxygen atoms in total. The Kier molecular flexibility index (Phi) is 6.01. The highest BCUT2D eigenvalue weighted by atomic mass is 16.6. The van der Waals surface area contributed by atoms with Gasteiger partial charge in [0.05, 0.1) is 0 Å². The summed E-state index contributed by atoms with van der Waals surface area (Å²) in [7, 11) is 0. The highest BCUT2D eigenvalue weighted by Gasteiger charge is 2.26. The van der Waals surface area contributed by atoms with Gasteiger partial charge in [-0.15, -0.1) is 0 Å². The molecule has 2 N–H and O–H groups in total. The zero-order valence-electron chi connectivity index (χ0n) is 14.5. The van der Waals surface area contributed by atoms with Crippen molar-refractivity contribution in [3.05, 3.63) is 48.0 Å². The molecule has 1 aliphatic heterocycles. The lowest BCUT2D eigenvalue weighted by Crippen LogP contribution is -2.49. The van der Waals surface area contributed by atoms with Crippen LogP contribution in [0.25, 0.3) is 0 Å². The number of ether oxygens (including phenoxy) is 1. The molecule has 1 aromatic rings. The fourth-order valence-electron chi connectivity index (χ4n) is 2.53. The van der Waals surface area contributed by atoms with Crippen LogP contribution in [0.3, 0.4) is 0 Å². The summed E-state index contributed by atoms with van der Waals surface area (Å²) >= 11 is 0. The van der Waals surface area contributed by atoms with Crippen LogP contribution in [0.4, 0.5) is 4.79 Å². The van der Waals surface area contributed by atoms with Crippen molar-refractivity contribution in [1.29, 1.82) is 0 Å². The highest BCUT2D eigenvalue weighted by Crippen LogP contribution is 2.11. The average molecular weight is 330 g/mol. The third kappa shape index (κ3) is 6.07. The second kappa shape index (κ2) is 7.99. The smallest absolute Gasteiger partial charge is 0.408 e. The topological polar surface area (TPSA) is 67.4 Å². The Balaban J connectivity index is 1.85. The number of nitrogens with one attached hydrogen (secondary N) is 2. The van der Waals surface area contributed by atoms with Gasteiger partial charge in [0.15, 0.2) is 0 Å². The van der Waals surface area contributed by atoms with Crippen LogP contribution in [0.2, 0.25) is 0 Å². The van der Waals surface area contributed by atoms with Crippen molar-refractivity contribution < 1.29 is 14.3 Å². The summed E-state index contributed by atoms with van der Waals surface area (Å²) in [5, 5.41) is 5.61. The summed E-state index contributed by atoms with van der Waals surface area (Å²) in [5.74, 6) is -0.177. The molecule has 24 heavy (non-hydrogen) atoms. The summed E-state index contributed by atoms with van der Waals surface area (Å²) < 4.78 is 5.21. The van der Waals surface area contributed by atoms with Crippen molar-refractivity contribution in [2.75, 3.05) is 0 Å². The van der Waals surface area contributed by atoms with E-state index < -0.39 is 17.7 Å². The van der Waals surface area contributed by atoms with Crippen LogP contribution in [-0.4, -0.2) is 29.7 Å². The normalized spacial score (nSPS) is 20.9. The summed E-state index contributed by atoms with van der Waals surface area (Å²) in [5.41, 5.74) is 0.659. The predicted octanol–water partition coefficient (Wildman–Crippen LogP) is 2.96. The zero-order chi connectivity index (χ0) is 17.6. The number of amides is 2. The first-order valence-electron chi connectivity index (χ1n) is 8.34. The van der Waals surface area contributed by atoms with Gasteiger partial charge >= 0.3 is 6.09 Å². The molecule has 130 valence electrons. The van der Waals surface area contributed by atoms with Crippen LogP contribution in [0.5, 0.6) is 0 Å². The van der Waals surface area contributed by atoms with E-state index in [-0.39, 0.29) is 11.9 Å². The van der Waals surface area contributed by atoms with Crippen molar-refractivity contribution in [2.45, 2.75) is 57.7 Å². The Morgan fingerprint density at radius 2 is 2.00 bits per heavy atom. The van der Waals surface area contributed by atoms with Gasteiger partial charge in [-0.3, -0.25) is 4.79 Å². The molecular weight excluding hydrogens is 304 g/mol. The summed E-state index contributed by atoms with van der Waals surface area (Å²) in [4.78, 5) is 24.2. The molecule has 0 spiro atoms. The summed E-state index contributed by atoms with van der Waals surface area (Å²) in [6, 6.07) is 9.55. The van der Waals surface area contributed by atoms with Gasteiger partial charge in [-0.1, -0.05) is 42.5 Å². The highest BCUT2D eigenvalue weighted by molar-refractivity contribution is 5.86. The van der Waals surface area contributed by atoms with Crippen LogP contribution in [0.15, 0.2) is 42.5 Å². The van der Waals surface area contributed by atoms with E-state index in [0.29, 0.717) is 6.42 Å². The Morgan fingerprint density at radius 1 is 1.29 bits per heavy atom. The first-order chi connectivity index (χ1) is 11.3. The first-order valence-corrected chi connectivity index (χ1v) is 8.34. The van der Waals surface area contributed by atoms with Crippen LogP contribution in [0.1, 0.15) is 39.2 Å². The van der Waals surface area contributed by atoms with Crippen LogP contribution < -0.4 is 10.6 Å². The van der Waals surface area contributed by atoms with E-state index in [1.54, 1.807) is 20.8 Å². The lowest BCUT2D eigenvalue weighted by molar-refractivity contribution is -0.123. The van der Waals surface area contributed by atoms with Crippen molar-refractivity contribution >= 4 is 12.0 Å². The maximum Gasteiger partial charge on any atom is 0.408 e. The van der Waals surface area contributed by atoms with Crippen molar-refractivity contribution in [1.82, 2.24) is 10.6 Å². The molecule has 0 saturated heterocycles. The maximum absolute atomic E-state index is 12.3. The van der Waals surface area contributed by atoms with Gasteiger partial charge in [-0.2, -0.15) is 0 Å². The molecule has 5 heteroatoms. The molecule has 2 amide bonds. The average Bonchev–Trinajstić information content (AvgIpc) is 2.66. The molecule has 2 atom stereocenters. The van der Waals surface area contributed by atoms with Crippen LogP contribution in [0, 0.1) is 0 Å². The summed E-state index contributed by atoms with van der Waals surface area (Å²) in [6.07, 6.45) is 5.55. The molecule has 1 aliphatic rings. The molecule has 0 aliphatic carbocycles. The van der Waals surface area contributed by atoms with Gasteiger partial charge in [-0.05, 0) is 45.6 Å². The van der Waals surface area contributed by atoms with E-state index >= 15 is 0 Å². The van der Waals surface area contributed by atoms with Gasteiger partial charge < -0.3 is 15.4 Å². The number of aryl methyl sites for hydroxylation is 1. The third-order valence-electron chi connectivity index (χ3n) is 3.66. The maximum atomic E-state index is 12.3. The molecule has 0 fully saturated rings. The minimum atomic E-state index is -0.599. The number of benzene rings is 1. The number of alkyl carbamates (subject to hydrolysis) is 1. The Bertz CT molecular complexity index is 590. The number of carbonyl (C=O) groups excluding carboxylic acids is 2. The molecule has 0 saturated carbocycles. The van der Waals surface area contributed by atoms with Gasteiger partial charge in [0, 0.05) is 6.04 Å². The van der Waals surface area contributed by atoms with Gasteiger partial charge in [0.25, 0.3) is 0 Å². The van der Waals surface area contributed by atoms with E-state index in [4.69, 9.17) is 4.74 Å². The van der Waals surface area contributed by atoms with Gasteiger partial charge in [0.2, 0.25) is 5.91 Å². The monoisotopic (exact) mass is 330 g/mol. The fraction of sp³-hybridized carbons (Fsp3) is 0.474. The fourth-order valence-corrected chi connectivity index (χ4v) is 2.53. The molecule has 0 bridgehead atoms. The molecular formula is C19H26N2O3. The molecule has 1 aromatic carbocycles. The van der Waals surface area contributed by atoms with Crippen LogP contribution >= 0.6 is 0 Å². The van der Waals surface area contributed by atoms with E-state index in [9.17, 15) is 9.59 Å². The number of rotatable bonds is 4. The third-order valence-corrected chi connectivity index (χ3v) is 3.66. The number of hydrogen-bond donors (Lipinski definition) is 2. The van der Waals surface area contributed by atoms with E-state index in [2.05, 4.69) is 22.8 Å².